The van der Waals surface area contributed by atoms with Crippen LogP contribution in [0, 0.1) is 6.92 Å². The minimum absolute atomic E-state index is 0.00279. The molecule has 110 valence electrons. The summed E-state index contributed by atoms with van der Waals surface area (Å²) in [6.07, 6.45) is 0.837. The van der Waals surface area contributed by atoms with Crippen LogP contribution in [0.4, 0.5) is 0 Å². The molecule has 1 N–H and O–H groups in total. The smallest absolute Gasteiger partial charge is 0.252 e. The van der Waals surface area contributed by atoms with Gasteiger partial charge in [-0.15, -0.1) is 0 Å². The molecule has 0 fully saturated rings. The summed E-state index contributed by atoms with van der Waals surface area (Å²) in [6.45, 7) is 4.01. The normalized spacial score (nSPS) is 11.8. The standard InChI is InChI=1S/C18H21NO2/c1-4-17(14-9-11-15(21-3)12-10-14)19-18(20)16-8-6-5-7-13(16)2/h5-12,17H,4H2,1-3H3,(H,19,20)/t17-/m1/s1. The highest BCUT2D eigenvalue weighted by Gasteiger charge is 2.15. The van der Waals surface area contributed by atoms with Crippen LogP contribution in [0.15, 0.2) is 48.5 Å². The lowest BCUT2D eigenvalue weighted by atomic mass is 10.0. The first-order valence-electron chi connectivity index (χ1n) is 7.16. The molecule has 2 rings (SSSR count). The van der Waals surface area contributed by atoms with Crippen molar-refractivity contribution < 1.29 is 9.53 Å². The van der Waals surface area contributed by atoms with Gasteiger partial charge in [-0.3, -0.25) is 4.79 Å². The van der Waals surface area contributed by atoms with Gasteiger partial charge in [-0.25, -0.2) is 0 Å². The maximum atomic E-state index is 12.4. The molecule has 0 aliphatic carbocycles. The molecule has 0 spiro atoms. The van der Waals surface area contributed by atoms with Gasteiger partial charge in [0, 0.05) is 5.56 Å². The lowest BCUT2D eigenvalue weighted by Gasteiger charge is -2.18. The van der Waals surface area contributed by atoms with E-state index in [-0.39, 0.29) is 11.9 Å². The topological polar surface area (TPSA) is 38.3 Å². The Morgan fingerprint density at radius 1 is 1.14 bits per heavy atom. The Morgan fingerprint density at radius 3 is 2.38 bits per heavy atom. The molecular weight excluding hydrogens is 262 g/mol. The fourth-order valence-corrected chi connectivity index (χ4v) is 2.32. The lowest BCUT2D eigenvalue weighted by Crippen LogP contribution is -2.28. The van der Waals surface area contributed by atoms with E-state index in [1.165, 1.54) is 0 Å². The van der Waals surface area contributed by atoms with Gasteiger partial charge in [-0.2, -0.15) is 0 Å². The van der Waals surface area contributed by atoms with Crippen LogP contribution in [0.2, 0.25) is 0 Å². The highest BCUT2D eigenvalue weighted by atomic mass is 16.5. The Balaban J connectivity index is 2.15. The zero-order valence-electron chi connectivity index (χ0n) is 12.7. The largest absolute Gasteiger partial charge is 0.497 e. The zero-order valence-corrected chi connectivity index (χ0v) is 12.7. The van der Waals surface area contributed by atoms with Gasteiger partial charge < -0.3 is 10.1 Å². The number of nitrogens with one attached hydrogen (secondary N) is 1. The molecule has 21 heavy (non-hydrogen) atoms. The fraction of sp³-hybridized carbons (Fsp3) is 0.278. The molecule has 0 saturated carbocycles. The second kappa shape index (κ2) is 6.93. The predicted molar refractivity (Wildman–Crippen MR) is 84.7 cm³/mol. The highest BCUT2D eigenvalue weighted by Crippen LogP contribution is 2.21. The van der Waals surface area contributed by atoms with Crippen molar-refractivity contribution in [2.75, 3.05) is 7.11 Å². The van der Waals surface area contributed by atoms with Gasteiger partial charge in [0.2, 0.25) is 0 Å². The first kappa shape index (κ1) is 15.1. The molecule has 1 atom stereocenters. The van der Waals surface area contributed by atoms with E-state index in [1.54, 1.807) is 7.11 Å². The number of carbonyl (C=O) groups excluding carboxylic acids is 1. The predicted octanol–water partition coefficient (Wildman–Crippen LogP) is 3.88. The number of benzene rings is 2. The molecule has 3 heteroatoms. The number of hydrogen-bond donors (Lipinski definition) is 1. The molecule has 0 unspecified atom stereocenters. The van der Waals surface area contributed by atoms with Gasteiger partial charge in [0.25, 0.3) is 5.91 Å². The van der Waals surface area contributed by atoms with Gasteiger partial charge in [0.05, 0.1) is 13.2 Å². The van der Waals surface area contributed by atoms with E-state index in [0.29, 0.717) is 0 Å². The Morgan fingerprint density at radius 2 is 1.81 bits per heavy atom. The van der Waals surface area contributed by atoms with Crippen molar-refractivity contribution in [1.29, 1.82) is 0 Å². The molecular formula is C18H21NO2. The summed E-state index contributed by atoms with van der Waals surface area (Å²) in [7, 11) is 1.65. The number of aryl methyl sites for hydroxylation is 1. The molecule has 0 saturated heterocycles. The summed E-state index contributed by atoms with van der Waals surface area (Å²) < 4.78 is 5.16. The Hall–Kier alpha value is -2.29. The lowest BCUT2D eigenvalue weighted by molar-refractivity contribution is 0.0935. The Kier molecular flexibility index (Phi) is 4.99. The number of amides is 1. The monoisotopic (exact) mass is 283 g/mol. The molecule has 0 aliphatic rings. The van der Waals surface area contributed by atoms with Gasteiger partial charge in [0.1, 0.15) is 5.75 Å². The van der Waals surface area contributed by atoms with Crippen molar-refractivity contribution >= 4 is 5.91 Å². The van der Waals surface area contributed by atoms with Crippen molar-refractivity contribution in [2.24, 2.45) is 0 Å². The van der Waals surface area contributed by atoms with Gasteiger partial charge in [-0.05, 0) is 42.7 Å². The average molecular weight is 283 g/mol. The third-order valence-electron chi connectivity index (χ3n) is 3.62. The molecule has 0 bridgehead atoms. The summed E-state index contributed by atoms with van der Waals surface area (Å²) in [6, 6.07) is 15.4. The number of methoxy groups -OCH3 is 1. The van der Waals surface area contributed by atoms with Crippen LogP contribution in [0.5, 0.6) is 5.75 Å². The number of carbonyl (C=O) groups is 1. The molecule has 0 aliphatic heterocycles. The molecule has 3 nitrogen and oxygen atoms in total. The van der Waals surface area contributed by atoms with E-state index in [1.807, 2.05) is 55.5 Å². The summed E-state index contributed by atoms with van der Waals surface area (Å²) in [4.78, 5) is 12.4. The van der Waals surface area contributed by atoms with E-state index in [4.69, 9.17) is 4.74 Å². The molecule has 0 radical (unpaired) electrons. The number of hydrogen-bond acceptors (Lipinski definition) is 2. The zero-order chi connectivity index (χ0) is 15.2. The van der Waals surface area contributed by atoms with Crippen LogP contribution in [0.1, 0.15) is 40.9 Å². The van der Waals surface area contributed by atoms with Crippen molar-refractivity contribution in [1.82, 2.24) is 5.32 Å². The maximum absolute atomic E-state index is 12.4. The van der Waals surface area contributed by atoms with Crippen LogP contribution in [-0.4, -0.2) is 13.0 Å². The number of rotatable bonds is 5. The summed E-state index contributed by atoms with van der Waals surface area (Å²) in [5.74, 6) is 0.787. The minimum atomic E-state index is -0.0317. The summed E-state index contributed by atoms with van der Waals surface area (Å²) >= 11 is 0. The van der Waals surface area contributed by atoms with E-state index in [2.05, 4.69) is 12.2 Å². The van der Waals surface area contributed by atoms with Crippen LogP contribution in [0.3, 0.4) is 0 Å². The minimum Gasteiger partial charge on any atom is -0.497 e. The SMILES string of the molecule is CC[C@@H](NC(=O)c1ccccc1C)c1ccc(OC)cc1. The molecule has 2 aromatic rings. The van der Waals surface area contributed by atoms with Gasteiger partial charge in [-0.1, -0.05) is 37.3 Å². The Labute approximate surface area is 126 Å². The summed E-state index contributed by atoms with van der Waals surface area (Å²) in [5.41, 5.74) is 2.80. The van der Waals surface area contributed by atoms with E-state index < -0.39 is 0 Å². The molecule has 2 aromatic carbocycles. The second-order valence-electron chi connectivity index (χ2n) is 5.02. The van der Waals surface area contributed by atoms with Crippen LogP contribution in [-0.2, 0) is 0 Å². The van der Waals surface area contributed by atoms with Crippen LogP contribution >= 0.6 is 0 Å². The quantitative estimate of drug-likeness (QED) is 0.904. The average Bonchev–Trinajstić information content (AvgIpc) is 2.53. The van der Waals surface area contributed by atoms with Crippen molar-refractivity contribution in [3.05, 3.63) is 65.2 Å². The van der Waals surface area contributed by atoms with Crippen LogP contribution in [0.25, 0.3) is 0 Å². The first-order valence-corrected chi connectivity index (χ1v) is 7.16. The van der Waals surface area contributed by atoms with Crippen molar-refractivity contribution in [3.63, 3.8) is 0 Å². The van der Waals surface area contributed by atoms with Crippen LogP contribution < -0.4 is 10.1 Å². The fourth-order valence-electron chi connectivity index (χ4n) is 2.32. The third kappa shape index (κ3) is 3.63. The second-order valence-corrected chi connectivity index (χ2v) is 5.02. The van der Waals surface area contributed by atoms with E-state index in [0.717, 1.165) is 28.9 Å². The Bertz CT molecular complexity index is 605. The van der Waals surface area contributed by atoms with Crippen molar-refractivity contribution in [3.8, 4) is 5.75 Å². The third-order valence-corrected chi connectivity index (χ3v) is 3.62. The maximum Gasteiger partial charge on any atom is 0.252 e. The van der Waals surface area contributed by atoms with Gasteiger partial charge >= 0.3 is 0 Å². The first-order chi connectivity index (χ1) is 10.2. The summed E-state index contributed by atoms with van der Waals surface area (Å²) in [5, 5.41) is 3.10. The molecule has 0 aromatic heterocycles. The van der Waals surface area contributed by atoms with Crippen molar-refractivity contribution in [2.45, 2.75) is 26.3 Å². The van der Waals surface area contributed by atoms with Gasteiger partial charge in [0.15, 0.2) is 0 Å². The van der Waals surface area contributed by atoms with E-state index >= 15 is 0 Å². The van der Waals surface area contributed by atoms with E-state index in [9.17, 15) is 4.79 Å². The number of ether oxygens (including phenoxy) is 1. The molecule has 0 heterocycles. The highest BCUT2D eigenvalue weighted by molar-refractivity contribution is 5.95. The molecule has 1 amide bonds.